The van der Waals surface area contributed by atoms with Crippen LogP contribution in [0.2, 0.25) is 0 Å². The fraction of sp³-hybridized carbons (Fsp3) is 0.929. The second-order valence-corrected chi connectivity index (χ2v) is 5.28. The average molecular weight is 240 g/mol. The van der Waals surface area contributed by atoms with E-state index in [9.17, 15) is 4.79 Å². The number of carbonyl (C=O) groups is 1. The van der Waals surface area contributed by atoms with Crippen LogP contribution in [0, 0.1) is 11.3 Å². The molecule has 0 spiro atoms. The Hall–Kier alpha value is -0.570. The van der Waals surface area contributed by atoms with Crippen LogP contribution in [0.5, 0.6) is 0 Å². The molecule has 0 unspecified atom stereocenters. The number of hydrogen-bond donors (Lipinski definition) is 2. The number of rotatable bonds is 6. The van der Waals surface area contributed by atoms with E-state index in [-0.39, 0.29) is 11.3 Å². The van der Waals surface area contributed by atoms with E-state index in [4.69, 9.17) is 0 Å². The van der Waals surface area contributed by atoms with E-state index in [1.54, 1.807) is 0 Å². The van der Waals surface area contributed by atoms with Crippen LogP contribution in [0.25, 0.3) is 0 Å². The van der Waals surface area contributed by atoms with Crippen molar-refractivity contribution in [3.63, 3.8) is 0 Å². The lowest BCUT2D eigenvalue weighted by molar-refractivity contribution is -0.133. The van der Waals surface area contributed by atoms with Gasteiger partial charge in [-0.25, -0.2) is 0 Å². The van der Waals surface area contributed by atoms with Crippen LogP contribution in [-0.4, -0.2) is 25.5 Å². The Morgan fingerprint density at radius 3 is 2.29 bits per heavy atom. The summed E-state index contributed by atoms with van der Waals surface area (Å²) in [6.45, 7) is 9.34. The Labute approximate surface area is 106 Å². The van der Waals surface area contributed by atoms with E-state index in [2.05, 4.69) is 31.4 Å². The highest BCUT2D eigenvalue weighted by atomic mass is 16.2. The highest BCUT2D eigenvalue weighted by Crippen LogP contribution is 2.32. The van der Waals surface area contributed by atoms with Crippen LogP contribution >= 0.6 is 0 Å². The number of nitrogens with one attached hydrogen (secondary N) is 2. The minimum absolute atomic E-state index is 0.0999. The lowest BCUT2D eigenvalue weighted by Crippen LogP contribution is -2.48. The number of hydrogen-bond acceptors (Lipinski definition) is 2. The molecule has 0 saturated carbocycles. The fourth-order valence-corrected chi connectivity index (χ4v) is 2.65. The Kier molecular flexibility index (Phi) is 5.96. The minimum atomic E-state index is -0.0999. The summed E-state index contributed by atoms with van der Waals surface area (Å²) in [5, 5.41) is 6.52. The molecule has 1 aliphatic heterocycles. The maximum atomic E-state index is 12.3. The third kappa shape index (κ3) is 3.70. The Balaban J connectivity index is 2.48. The van der Waals surface area contributed by atoms with Crippen LogP contribution in [0.1, 0.15) is 52.9 Å². The van der Waals surface area contributed by atoms with Crippen LogP contribution < -0.4 is 10.6 Å². The van der Waals surface area contributed by atoms with Crippen molar-refractivity contribution in [1.82, 2.24) is 10.6 Å². The second-order valence-electron chi connectivity index (χ2n) is 5.28. The van der Waals surface area contributed by atoms with E-state index in [1.807, 2.05) is 0 Å². The molecule has 100 valence electrons. The molecule has 1 saturated heterocycles. The molecule has 0 aromatic rings. The first-order valence-electron chi connectivity index (χ1n) is 7.17. The lowest BCUT2D eigenvalue weighted by atomic mass is 9.76. The van der Waals surface area contributed by atoms with Gasteiger partial charge in [0.15, 0.2) is 0 Å². The zero-order valence-corrected chi connectivity index (χ0v) is 11.6. The molecule has 0 aromatic carbocycles. The first-order valence-corrected chi connectivity index (χ1v) is 7.17. The Bertz CT molecular complexity index is 230. The summed E-state index contributed by atoms with van der Waals surface area (Å²) in [4.78, 5) is 12.3. The fourth-order valence-electron chi connectivity index (χ4n) is 2.65. The largest absolute Gasteiger partial charge is 0.355 e. The van der Waals surface area contributed by atoms with E-state index in [0.717, 1.165) is 51.7 Å². The molecular formula is C14H28N2O. The molecule has 0 bridgehead atoms. The maximum absolute atomic E-state index is 12.3. The van der Waals surface area contributed by atoms with Crippen molar-refractivity contribution in [1.29, 1.82) is 0 Å². The molecule has 1 rings (SSSR count). The van der Waals surface area contributed by atoms with Crippen LogP contribution in [0.3, 0.4) is 0 Å². The highest BCUT2D eigenvalue weighted by Gasteiger charge is 2.37. The SMILES string of the molecule is CCC(CC)CNC(=O)C1(CC)CCNCC1. The van der Waals surface area contributed by atoms with Crippen molar-refractivity contribution in [2.75, 3.05) is 19.6 Å². The summed E-state index contributed by atoms with van der Waals surface area (Å²) in [6.07, 6.45) is 5.23. The molecule has 1 heterocycles. The number of carbonyl (C=O) groups excluding carboxylic acids is 1. The zero-order valence-electron chi connectivity index (χ0n) is 11.6. The van der Waals surface area contributed by atoms with E-state index in [0.29, 0.717) is 5.92 Å². The molecule has 0 aromatic heterocycles. The van der Waals surface area contributed by atoms with Gasteiger partial charge in [0.2, 0.25) is 5.91 Å². The van der Waals surface area contributed by atoms with E-state index >= 15 is 0 Å². The molecule has 1 amide bonds. The molecule has 0 aliphatic carbocycles. The van der Waals surface area contributed by atoms with Gasteiger partial charge in [0, 0.05) is 6.54 Å². The van der Waals surface area contributed by atoms with Crippen LogP contribution in [0.4, 0.5) is 0 Å². The summed E-state index contributed by atoms with van der Waals surface area (Å²) < 4.78 is 0. The molecule has 3 nitrogen and oxygen atoms in total. The summed E-state index contributed by atoms with van der Waals surface area (Å²) in [5.74, 6) is 0.919. The minimum Gasteiger partial charge on any atom is -0.355 e. The summed E-state index contributed by atoms with van der Waals surface area (Å²) in [5.41, 5.74) is -0.0999. The molecule has 0 atom stereocenters. The third-order valence-corrected chi connectivity index (χ3v) is 4.43. The van der Waals surface area contributed by atoms with Crippen molar-refractivity contribution in [2.45, 2.75) is 52.9 Å². The molecular weight excluding hydrogens is 212 g/mol. The molecule has 3 heteroatoms. The highest BCUT2D eigenvalue weighted by molar-refractivity contribution is 5.82. The molecule has 0 radical (unpaired) electrons. The van der Waals surface area contributed by atoms with Gasteiger partial charge < -0.3 is 10.6 Å². The van der Waals surface area contributed by atoms with Gasteiger partial charge in [-0.05, 0) is 38.3 Å². The monoisotopic (exact) mass is 240 g/mol. The average Bonchev–Trinajstić information content (AvgIpc) is 2.40. The van der Waals surface area contributed by atoms with Crippen LogP contribution in [-0.2, 0) is 4.79 Å². The topological polar surface area (TPSA) is 41.1 Å². The van der Waals surface area contributed by atoms with Gasteiger partial charge in [0.05, 0.1) is 5.41 Å². The van der Waals surface area contributed by atoms with Gasteiger partial charge in [0.25, 0.3) is 0 Å². The first-order chi connectivity index (χ1) is 8.18. The van der Waals surface area contributed by atoms with Crippen molar-refractivity contribution < 1.29 is 4.79 Å². The standard InChI is InChI=1S/C14H28N2O/c1-4-12(5-2)11-16-13(17)14(6-3)7-9-15-10-8-14/h12,15H,4-11H2,1-3H3,(H,16,17). The van der Waals surface area contributed by atoms with Gasteiger partial charge in [0.1, 0.15) is 0 Å². The molecule has 2 N–H and O–H groups in total. The van der Waals surface area contributed by atoms with Crippen molar-refractivity contribution in [3.05, 3.63) is 0 Å². The van der Waals surface area contributed by atoms with Crippen molar-refractivity contribution in [3.8, 4) is 0 Å². The molecule has 1 fully saturated rings. The first kappa shape index (κ1) is 14.5. The number of piperidine rings is 1. The predicted molar refractivity (Wildman–Crippen MR) is 71.9 cm³/mol. The summed E-state index contributed by atoms with van der Waals surface area (Å²) >= 11 is 0. The smallest absolute Gasteiger partial charge is 0.226 e. The lowest BCUT2D eigenvalue weighted by Gasteiger charge is -2.35. The molecule has 1 aliphatic rings. The van der Waals surface area contributed by atoms with Gasteiger partial charge in [-0.1, -0.05) is 33.6 Å². The van der Waals surface area contributed by atoms with Gasteiger partial charge in [-0.2, -0.15) is 0 Å². The Morgan fingerprint density at radius 1 is 1.24 bits per heavy atom. The number of amides is 1. The van der Waals surface area contributed by atoms with Gasteiger partial charge >= 0.3 is 0 Å². The van der Waals surface area contributed by atoms with Crippen molar-refractivity contribution >= 4 is 5.91 Å². The van der Waals surface area contributed by atoms with E-state index in [1.165, 1.54) is 0 Å². The van der Waals surface area contributed by atoms with Gasteiger partial charge in [-0.3, -0.25) is 4.79 Å². The Morgan fingerprint density at radius 2 is 1.82 bits per heavy atom. The van der Waals surface area contributed by atoms with Gasteiger partial charge in [-0.15, -0.1) is 0 Å². The predicted octanol–water partition coefficient (Wildman–Crippen LogP) is 2.32. The van der Waals surface area contributed by atoms with E-state index < -0.39 is 0 Å². The maximum Gasteiger partial charge on any atom is 0.226 e. The summed E-state index contributed by atoms with van der Waals surface area (Å²) in [6, 6.07) is 0. The zero-order chi connectivity index (χ0) is 12.7. The summed E-state index contributed by atoms with van der Waals surface area (Å²) in [7, 11) is 0. The normalized spacial score (nSPS) is 19.3. The third-order valence-electron chi connectivity index (χ3n) is 4.43. The molecule has 17 heavy (non-hydrogen) atoms. The van der Waals surface area contributed by atoms with Crippen molar-refractivity contribution in [2.24, 2.45) is 11.3 Å². The quantitative estimate of drug-likeness (QED) is 0.748. The second kappa shape index (κ2) is 7.00. The van der Waals surface area contributed by atoms with Crippen LogP contribution in [0.15, 0.2) is 0 Å².